The molecule has 2 aliphatic rings. The summed E-state index contributed by atoms with van der Waals surface area (Å²) in [5.74, 6) is 0. The molecule has 2 aliphatic heterocycles. The van der Waals surface area contributed by atoms with Gasteiger partial charge in [-0.1, -0.05) is 273 Å². The van der Waals surface area contributed by atoms with Gasteiger partial charge in [0.15, 0.2) is 0 Å². The van der Waals surface area contributed by atoms with Crippen molar-refractivity contribution in [3.8, 4) is 33.4 Å². The van der Waals surface area contributed by atoms with Gasteiger partial charge in [0.1, 0.15) is 0 Å². The van der Waals surface area contributed by atoms with Crippen molar-refractivity contribution >= 4 is 130 Å². The Morgan fingerprint density at radius 2 is 0.520 bits per heavy atom. The summed E-state index contributed by atoms with van der Waals surface area (Å²) < 4.78 is 0. The van der Waals surface area contributed by atoms with E-state index in [1.807, 2.05) is 0 Å². The Morgan fingerprint density at radius 1 is 0.204 bits per heavy atom. The predicted molar refractivity (Wildman–Crippen MR) is 416 cm³/mol. The summed E-state index contributed by atoms with van der Waals surface area (Å²) in [5, 5.41) is 4.65. The second-order valence-corrected chi connectivity index (χ2v) is 25.1. The van der Waals surface area contributed by atoms with E-state index in [0.717, 1.165) is 124 Å². The normalized spacial score (nSPS) is 12.0. The van der Waals surface area contributed by atoms with Crippen molar-refractivity contribution in [3.63, 3.8) is 0 Å². The van der Waals surface area contributed by atoms with E-state index >= 15 is 0 Å². The van der Waals surface area contributed by atoms with Crippen LogP contribution >= 0.6 is 0 Å². The van der Waals surface area contributed by atoms with Crippen LogP contribution in [0.1, 0.15) is 0 Å². The fraction of sp³-hybridized carbons (Fsp3) is 0. The van der Waals surface area contributed by atoms with Gasteiger partial charge in [-0.05, 0) is 165 Å². The van der Waals surface area contributed by atoms with Gasteiger partial charge in [0.2, 0.25) is 0 Å². The Hall–Kier alpha value is -12.9. The lowest BCUT2D eigenvalue weighted by molar-refractivity contribution is 1.22. The monoisotopic (exact) mass is 1250 g/mol. The minimum Gasteiger partial charge on any atom is -0.311 e. The zero-order valence-electron chi connectivity index (χ0n) is 53.8. The van der Waals surface area contributed by atoms with Crippen LogP contribution in [0.25, 0.3) is 54.9 Å². The first-order valence-corrected chi connectivity index (χ1v) is 33.7. The van der Waals surface area contributed by atoms with Crippen molar-refractivity contribution in [3.05, 3.63) is 388 Å². The average molecular weight is 1250 g/mol. The van der Waals surface area contributed by atoms with Crippen LogP contribution in [0, 0.1) is 0 Å². The van der Waals surface area contributed by atoms with E-state index < -0.39 is 0 Å². The molecular weight excluding hydrogens is 1190 g/mol. The SMILES string of the molecule is c1ccc(-c2ccccc2N2c3cc(-c4c5ccccc5c(N(c5ccccc5)c5ccccc5)c5ccccc45)ccc3B3c4ccc(N(c5ccccc5)c5ccccc5)cc4N(c4ccccc4-c4ccccc4)c4cc(N(c5ccccc5)c5ccccc5)cc2c43)cc1. The molecule has 0 spiro atoms. The van der Waals surface area contributed by atoms with E-state index in [2.05, 4.69) is 413 Å². The Labute approximate surface area is 572 Å². The first kappa shape index (κ1) is 57.7. The van der Waals surface area contributed by atoms with Crippen LogP contribution in [0.3, 0.4) is 0 Å². The molecule has 2 heterocycles. The van der Waals surface area contributed by atoms with Gasteiger partial charge >= 0.3 is 0 Å². The maximum absolute atomic E-state index is 2.62. The zero-order chi connectivity index (χ0) is 64.9. The van der Waals surface area contributed by atoms with Crippen molar-refractivity contribution in [2.24, 2.45) is 0 Å². The van der Waals surface area contributed by atoms with E-state index in [-0.39, 0.29) is 6.71 Å². The lowest BCUT2D eigenvalue weighted by atomic mass is 9.33. The number of nitrogens with zero attached hydrogens (tertiary/aromatic N) is 5. The highest BCUT2D eigenvalue weighted by molar-refractivity contribution is 7.00. The van der Waals surface area contributed by atoms with E-state index in [9.17, 15) is 0 Å². The average Bonchev–Trinajstić information content (AvgIpc) is 0.691. The van der Waals surface area contributed by atoms with Gasteiger partial charge in [-0.25, -0.2) is 0 Å². The standard InChI is InChI=1S/C92H64BN5/c1-9-33-65(34-10-1)76-49-29-31-55-84(76)97-86-61-67(90-78-51-25-27-53-80(78)92(81-54-28-26-52-79(81)90)96(72-45-21-7-22-46-72)73-47-23-8-24-48-73)57-59-82(86)93-83-60-58-74(94(68-37-13-3-14-38-68)69-39-15-4-16-40-69)62-87(83)98(85-56-32-30-50-77(85)66-35-11-2-12-36-66)89-64-75(63-88(97)91(89)93)95(70-41-17-5-18-42-70)71-43-19-6-20-44-71/h1-64H. The molecule has 0 bridgehead atoms. The quantitative estimate of drug-likeness (QED) is 0.0794. The lowest BCUT2D eigenvalue weighted by Crippen LogP contribution is -2.61. The molecule has 98 heavy (non-hydrogen) atoms. The minimum absolute atomic E-state index is 0.243. The highest BCUT2D eigenvalue weighted by Gasteiger charge is 2.45. The highest BCUT2D eigenvalue weighted by atomic mass is 15.2. The molecule has 0 saturated heterocycles. The lowest BCUT2D eigenvalue weighted by Gasteiger charge is -2.46. The third-order valence-corrected chi connectivity index (χ3v) is 19.5. The van der Waals surface area contributed by atoms with Crippen LogP contribution in [0.5, 0.6) is 0 Å². The number of hydrogen-bond acceptors (Lipinski definition) is 5. The smallest absolute Gasteiger partial charge is 0.252 e. The molecule has 0 N–H and O–H groups in total. The summed E-state index contributed by atoms with van der Waals surface area (Å²) in [4.78, 5) is 12.5. The second kappa shape index (κ2) is 24.8. The van der Waals surface area contributed by atoms with Crippen LogP contribution in [0.15, 0.2) is 388 Å². The fourth-order valence-electron chi connectivity index (χ4n) is 15.4. The second-order valence-electron chi connectivity index (χ2n) is 25.1. The molecule has 0 amide bonds. The van der Waals surface area contributed by atoms with Gasteiger partial charge < -0.3 is 24.5 Å². The van der Waals surface area contributed by atoms with Crippen molar-refractivity contribution in [2.45, 2.75) is 0 Å². The first-order valence-electron chi connectivity index (χ1n) is 33.7. The molecule has 0 fully saturated rings. The number of rotatable bonds is 14. The fourth-order valence-corrected chi connectivity index (χ4v) is 15.4. The molecule has 5 nitrogen and oxygen atoms in total. The van der Waals surface area contributed by atoms with Crippen LogP contribution < -0.4 is 40.9 Å². The Bertz CT molecular complexity index is 5410. The molecule has 0 saturated carbocycles. The maximum atomic E-state index is 2.62. The van der Waals surface area contributed by atoms with E-state index in [4.69, 9.17) is 0 Å². The predicted octanol–water partition coefficient (Wildman–Crippen LogP) is 23.5. The number of benzene rings is 16. The van der Waals surface area contributed by atoms with Crippen LogP contribution in [-0.4, -0.2) is 6.71 Å². The third kappa shape index (κ3) is 9.97. The largest absolute Gasteiger partial charge is 0.311 e. The van der Waals surface area contributed by atoms with Gasteiger partial charge in [-0.3, -0.25) is 0 Å². The maximum Gasteiger partial charge on any atom is 0.252 e. The first-order chi connectivity index (χ1) is 48.7. The van der Waals surface area contributed by atoms with E-state index in [1.54, 1.807) is 0 Å². The summed E-state index contributed by atoms with van der Waals surface area (Å²) in [6, 6.07) is 143. The number of anilines is 15. The van der Waals surface area contributed by atoms with Crippen molar-refractivity contribution in [1.29, 1.82) is 0 Å². The molecule has 0 atom stereocenters. The minimum atomic E-state index is -0.243. The molecule has 6 heteroatoms. The van der Waals surface area contributed by atoms with Crippen LogP contribution in [0.4, 0.5) is 85.3 Å². The molecule has 16 aromatic carbocycles. The summed E-state index contributed by atoms with van der Waals surface area (Å²) in [6.45, 7) is -0.243. The number of fused-ring (bicyclic) bond motifs is 6. The molecule has 0 unspecified atom stereocenters. The number of para-hydroxylation sites is 8. The Kier molecular flexibility index (Phi) is 14.6. The van der Waals surface area contributed by atoms with Crippen LogP contribution in [0.2, 0.25) is 0 Å². The van der Waals surface area contributed by atoms with E-state index in [0.29, 0.717) is 0 Å². The topological polar surface area (TPSA) is 16.2 Å². The summed E-state index contributed by atoms with van der Waals surface area (Å²) in [5.41, 5.74) is 26.6. The molecule has 0 aromatic heterocycles. The molecule has 16 aromatic rings. The molecule has 0 radical (unpaired) electrons. The van der Waals surface area contributed by atoms with Crippen LogP contribution in [-0.2, 0) is 0 Å². The third-order valence-electron chi connectivity index (χ3n) is 19.5. The highest BCUT2D eigenvalue weighted by Crippen LogP contribution is 2.54. The number of hydrogen-bond donors (Lipinski definition) is 0. The summed E-state index contributed by atoms with van der Waals surface area (Å²) in [7, 11) is 0. The van der Waals surface area contributed by atoms with Gasteiger partial charge in [0.25, 0.3) is 6.71 Å². The van der Waals surface area contributed by atoms with Gasteiger partial charge in [-0.2, -0.15) is 0 Å². The molecule has 0 aliphatic carbocycles. The van der Waals surface area contributed by atoms with Crippen molar-refractivity contribution in [2.75, 3.05) is 24.5 Å². The summed E-state index contributed by atoms with van der Waals surface area (Å²) >= 11 is 0. The van der Waals surface area contributed by atoms with Gasteiger partial charge in [0.05, 0.1) is 22.7 Å². The van der Waals surface area contributed by atoms with Crippen molar-refractivity contribution < 1.29 is 0 Å². The van der Waals surface area contributed by atoms with Gasteiger partial charge in [-0.15, -0.1) is 0 Å². The zero-order valence-corrected chi connectivity index (χ0v) is 53.8. The molecule has 18 rings (SSSR count). The molecule has 460 valence electrons. The Balaban J connectivity index is 0.972. The molecular formula is C92H64BN5. The Morgan fingerprint density at radius 3 is 0.939 bits per heavy atom. The van der Waals surface area contributed by atoms with Crippen molar-refractivity contribution in [1.82, 2.24) is 0 Å². The van der Waals surface area contributed by atoms with E-state index in [1.165, 1.54) is 32.7 Å². The summed E-state index contributed by atoms with van der Waals surface area (Å²) in [6.07, 6.45) is 0. The van der Waals surface area contributed by atoms with Gasteiger partial charge in [0, 0.05) is 84.5 Å².